The van der Waals surface area contributed by atoms with Crippen LogP contribution in [-0.2, 0) is 6.54 Å². The van der Waals surface area contributed by atoms with Gasteiger partial charge in [-0.05, 0) is 57.6 Å². The number of amides is 1. The van der Waals surface area contributed by atoms with Crippen LogP contribution in [0.3, 0.4) is 0 Å². The molecule has 0 bridgehead atoms. The van der Waals surface area contributed by atoms with E-state index >= 15 is 0 Å². The quantitative estimate of drug-likeness (QED) is 0.566. The highest BCUT2D eigenvalue weighted by atomic mass is 16.5. The first-order chi connectivity index (χ1) is 15.5. The average molecular weight is 440 g/mol. The first-order valence-electron chi connectivity index (χ1n) is 11.4. The molecule has 174 valence electrons. The lowest BCUT2D eigenvalue weighted by Crippen LogP contribution is -2.44. The lowest BCUT2D eigenvalue weighted by atomic mass is 9.96. The molecule has 6 heteroatoms. The van der Waals surface area contributed by atoms with Gasteiger partial charge in [-0.1, -0.05) is 30.3 Å². The van der Waals surface area contributed by atoms with Crippen LogP contribution in [0, 0.1) is 5.92 Å². The Morgan fingerprint density at radius 3 is 2.41 bits per heavy atom. The standard InChI is InChI=1S/C26H37N3O3/c1-27(2)16-17-29(26(30)23-12-6-8-14-25(23)32-4)19-21-10-9-15-28(18-21)20-22-11-5-7-13-24(22)31-3/h5-8,11-14,21H,9-10,15-20H2,1-4H3/t21-/m0/s1. The van der Waals surface area contributed by atoms with Gasteiger partial charge < -0.3 is 19.3 Å². The number of likely N-dealkylation sites (tertiary alicyclic amines) is 1. The minimum absolute atomic E-state index is 0.0474. The summed E-state index contributed by atoms with van der Waals surface area (Å²) >= 11 is 0. The highest BCUT2D eigenvalue weighted by molar-refractivity contribution is 5.97. The van der Waals surface area contributed by atoms with Crippen molar-refractivity contribution in [2.24, 2.45) is 5.92 Å². The summed E-state index contributed by atoms with van der Waals surface area (Å²) in [6, 6.07) is 15.7. The van der Waals surface area contributed by atoms with E-state index in [1.54, 1.807) is 14.2 Å². The SMILES string of the molecule is COc1ccccc1CN1CCC[C@H](CN(CCN(C)C)C(=O)c2ccccc2OC)C1. The van der Waals surface area contributed by atoms with E-state index in [9.17, 15) is 4.79 Å². The molecule has 0 aliphatic carbocycles. The van der Waals surface area contributed by atoms with Gasteiger partial charge in [0.05, 0.1) is 19.8 Å². The molecule has 1 atom stereocenters. The Morgan fingerprint density at radius 2 is 1.69 bits per heavy atom. The Labute approximate surface area is 192 Å². The zero-order valence-electron chi connectivity index (χ0n) is 19.9. The van der Waals surface area contributed by atoms with Crippen molar-refractivity contribution in [3.8, 4) is 11.5 Å². The molecule has 1 amide bonds. The number of methoxy groups -OCH3 is 2. The number of hydrogen-bond donors (Lipinski definition) is 0. The fourth-order valence-electron chi connectivity index (χ4n) is 4.42. The van der Waals surface area contributed by atoms with Crippen LogP contribution in [0.1, 0.15) is 28.8 Å². The predicted octanol–water partition coefficient (Wildman–Crippen LogP) is 3.62. The molecule has 1 heterocycles. The summed E-state index contributed by atoms with van der Waals surface area (Å²) in [5.41, 5.74) is 1.85. The molecule has 3 rings (SSSR count). The van der Waals surface area contributed by atoms with E-state index in [2.05, 4.69) is 21.9 Å². The smallest absolute Gasteiger partial charge is 0.257 e. The number of benzene rings is 2. The normalized spacial score (nSPS) is 16.7. The van der Waals surface area contributed by atoms with Gasteiger partial charge in [-0.2, -0.15) is 0 Å². The maximum absolute atomic E-state index is 13.5. The van der Waals surface area contributed by atoms with E-state index < -0.39 is 0 Å². The number of carbonyl (C=O) groups excluding carboxylic acids is 1. The van der Waals surface area contributed by atoms with Crippen LogP contribution in [0.4, 0.5) is 0 Å². The van der Waals surface area contributed by atoms with Gasteiger partial charge in [-0.3, -0.25) is 9.69 Å². The third-order valence-corrected chi connectivity index (χ3v) is 6.11. The number of hydrogen-bond acceptors (Lipinski definition) is 5. The summed E-state index contributed by atoms with van der Waals surface area (Å²) < 4.78 is 11.0. The molecular formula is C26H37N3O3. The second kappa shape index (κ2) is 11.9. The van der Waals surface area contributed by atoms with E-state index in [0.717, 1.165) is 51.3 Å². The molecule has 0 aromatic heterocycles. The van der Waals surface area contributed by atoms with Crippen LogP contribution in [0.2, 0.25) is 0 Å². The van der Waals surface area contributed by atoms with Crippen molar-refractivity contribution in [1.29, 1.82) is 0 Å². The number of likely N-dealkylation sites (N-methyl/N-ethyl adjacent to an activating group) is 1. The molecule has 1 fully saturated rings. The summed E-state index contributed by atoms with van der Waals surface area (Å²) in [7, 11) is 7.43. The van der Waals surface area contributed by atoms with Crippen molar-refractivity contribution < 1.29 is 14.3 Å². The second-order valence-corrected chi connectivity index (χ2v) is 8.81. The number of rotatable bonds is 10. The molecule has 0 spiro atoms. The lowest BCUT2D eigenvalue weighted by molar-refractivity contribution is 0.0657. The zero-order chi connectivity index (χ0) is 22.9. The van der Waals surface area contributed by atoms with Crippen molar-refractivity contribution in [3.63, 3.8) is 0 Å². The van der Waals surface area contributed by atoms with E-state index in [-0.39, 0.29) is 5.91 Å². The third-order valence-electron chi connectivity index (χ3n) is 6.11. The molecular weight excluding hydrogens is 402 g/mol. The molecule has 1 saturated heterocycles. The Balaban J connectivity index is 1.70. The minimum atomic E-state index is 0.0474. The van der Waals surface area contributed by atoms with Gasteiger partial charge in [0.15, 0.2) is 0 Å². The molecule has 1 aliphatic rings. The first kappa shape index (κ1) is 24.1. The average Bonchev–Trinajstić information content (AvgIpc) is 2.81. The largest absolute Gasteiger partial charge is 0.496 e. The van der Waals surface area contributed by atoms with Gasteiger partial charge in [-0.25, -0.2) is 0 Å². The number of piperidine rings is 1. The van der Waals surface area contributed by atoms with Gasteiger partial charge in [0.2, 0.25) is 0 Å². The number of para-hydroxylation sites is 2. The van der Waals surface area contributed by atoms with E-state index in [0.29, 0.717) is 23.8 Å². The Bertz CT molecular complexity index is 871. The summed E-state index contributed by atoms with van der Waals surface area (Å²) in [4.78, 5) is 20.1. The van der Waals surface area contributed by atoms with Crippen molar-refractivity contribution in [1.82, 2.24) is 14.7 Å². The van der Waals surface area contributed by atoms with Crippen molar-refractivity contribution in [2.45, 2.75) is 19.4 Å². The summed E-state index contributed by atoms with van der Waals surface area (Å²) in [6.45, 7) is 5.22. The van der Waals surface area contributed by atoms with Gasteiger partial charge in [-0.15, -0.1) is 0 Å². The molecule has 0 unspecified atom stereocenters. The van der Waals surface area contributed by atoms with Crippen LogP contribution in [0.25, 0.3) is 0 Å². The van der Waals surface area contributed by atoms with Gasteiger partial charge in [0.25, 0.3) is 5.91 Å². The highest BCUT2D eigenvalue weighted by Gasteiger charge is 2.26. The molecule has 0 saturated carbocycles. The fourth-order valence-corrected chi connectivity index (χ4v) is 4.42. The number of carbonyl (C=O) groups is 1. The topological polar surface area (TPSA) is 45.2 Å². The molecule has 2 aromatic rings. The van der Waals surface area contributed by atoms with Crippen molar-refractivity contribution in [3.05, 3.63) is 59.7 Å². The summed E-state index contributed by atoms with van der Waals surface area (Å²) in [5, 5.41) is 0. The van der Waals surface area contributed by atoms with Gasteiger partial charge >= 0.3 is 0 Å². The predicted molar refractivity (Wildman–Crippen MR) is 128 cm³/mol. The van der Waals surface area contributed by atoms with Crippen LogP contribution >= 0.6 is 0 Å². The van der Waals surface area contributed by atoms with Crippen LogP contribution in [0.15, 0.2) is 48.5 Å². The summed E-state index contributed by atoms with van der Waals surface area (Å²) in [5.74, 6) is 2.06. The maximum Gasteiger partial charge on any atom is 0.257 e. The number of nitrogens with zero attached hydrogens (tertiary/aromatic N) is 3. The molecule has 32 heavy (non-hydrogen) atoms. The van der Waals surface area contributed by atoms with Crippen LogP contribution in [0.5, 0.6) is 11.5 Å². The number of ether oxygens (including phenoxy) is 2. The molecule has 0 N–H and O–H groups in total. The maximum atomic E-state index is 13.5. The van der Waals surface area contributed by atoms with Gasteiger partial charge in [0.1, 0.15) is 11.5 Å². The second-order valence-electron chi connectivity index (χ2n) is 8.81. The van der Waals surface area contributed by atoms with E-state index in [1.807, 2.05) is 55.4 Å². The third kappa shape index (κ3) is 6.47. The van der Waals surface area contributed by atoms with Crippen molar-refractivity contribution >= 4 is 5.91 Å². The highest BCUT2D eigenvalue weighted by Crippen LogP contribution is 2.25. The molecule has 6 nitrogen and oxygen atoms in total. The van der Waals surface area contributed by atoms with Crippen LogP contribution in [-0.4, -0.2) is 81.6 Å². The Kier molecular flexibility index (Phi) is 8.94. The molecule has 1 aliphatic heterocycles. The first-order valence-corrected chi connectivity index (χ1v) is 11.4. The monoisotopic (exact) mass is 439 g/mol. The summed E-state index contributed by atoms with van der Waals surface area (Å²) in [6.07, 6.45) is 2.28. The fraction of sp³-hybridized carbons (Fsp3) is 0.500. The van der Waals surface area contributed by atoms with Crippen molar-refractivity contribution in [2.75, 3.05) is 61.0 Å². The molecule has 0 radical (unpaired) electrons. The lowest BCUT2D eigenvalue weighted by Gasteiger charge is -2.36. The zero-order valence-corrected chi connectivity index (χ0v) is 19.9. The Morgan fingerprint density at radius 1 is 1.00 bits per heavy atom. The van der Waals surface area contributed by atoms with Crippen LogP contribution < -0.4 is 9.47 Å². The minimum Gasteiger partial charge on any atom is -0.496 e. The van der Waals surface area contributed by atoms with E-state index in [1.165, 1.54) is 5.56 Å². The van der Waals surface area contributed by atoms with Gasteiger partial charge in [0, 0.05) is 38.3 Å². The Hall–Kier alpha value is -2.57. The van der Waals surface area contributed by atoms with E-state index in [4.69, 9.17) is 9.47 Å². The molecule has 2 aromatic carbocycles.